The molecule has 0 amide bonds. The van der Waals surface area contributed by atoms with Crippen LogP contribution in [0.3, 0.4) is 0 Å². The molecule has 4 rings (SSSR count). The van der Waals surface area contributed by atoms with Gasteiger partial charge in [-0.1, -0.05) is 12.1 Å². The number of para-hydroxylation sites is 2. The number of H-pyrrole nitrogens is 1. The Balaban J connectivity index is 1.66. The minimum atomic E-state index is -1.02. The summed E-state index contributed by atoms with van der Waals surface area (Å²) < 4.78 is 5.46. The van der Waals surface area contributed by atoms with Crippen molar-refractivity contribution >= 4 is 28.2 Å². The number of aryl methyl sites for hydroxylation is 1. The quantitative estimate of drug-likeness (QED) is 0.561. The fraction of sp³-hybridized carbons (Fsp3) is 0.111. The molecular weight excluding hydrogens is 336 g/mol. The smallest absolute Gasteiger partial charge is 0.190 e. The van der Waals surface area contributed by atoms with Crippen LogP contribution >= 0.6 is 11.3 Å². The van der Waals surface area contributed by atoms with Crippen LogP contribution in [0.15, 0.2) is 46.4 Å². The van der Waals surface area contributed by atoms with Gasteiger partial charge in [0.05, 0.1) is 27.7 Å². The fourth-order valence-electron chi connectivity index (χ4n) is 2.60. The molecule has 6 nitrogen and oxygen atoms in total. The third kappa shape index (κ3) is 2.73. The number of carbonyl (C=O) groups excluding carboxylic acids is 1. The third-order valence-electron chi connectivity index (χ3n) is 3.83. The summed E-state index contributed by atoms with van der Waals surface area (Å²) in [7, 11) is 0. The Kier molecular flexibility index (Phi) is 3.67. The zero-order chi connectivity index (χ0) is 17.4. The molecule has 122 valence electrons. The van der Waals surface area contributed by atoms with E-state index in [-0.39, 0.29) is 5.78 Å². The van der Waals surface area contributed by atoms with E-state index in [1.165, 1.54) is 17.6 Å². The number of Topliss-reactive ketones (excluding diaryl/α,β-unsaturated/α-hetero) is 1. The summed E-state index contributed by atoms with van der Waals surface area (Å²) in [6.45, 7) is 1.90. The molecule has 0 aliphatic rings. The maximum atomic E-state index is 12.7. The summed E-state index contributed by atoms with van der Waals surface area (Å²) in [5, 5.41) is 12.3. The maximum Gasteiger partial charge on any atom is 0.190 e. The number of nitrogens with zero attached hydrogens (tertiary/aromatic N) is 3. The topological polar surface area (TPSA) is 95.6 Å². The van der Waals surface area contributed by atoms with Crippen molar-refractivity contribution in [2.24, 2.45) is 0 Å². The minimum absolute atomic E-state index is 0.327. The third-order valence-corrected chi connectivity index (χ3v) is 4.60. The SMILES string of the molecule is Cc1nc(-c2cc(C(=O)[C@H](C#N)c3nc4ccccc4[nH]3)co2)cs1. The number of nitrogens with one attached hydrogen (secondary N) is 1. The first-order valence-corrected chi connectivity index (χ1v) is 8.43. The van der Waals surface area contributed by atoms with Gasteiger partial charge in [0, 0.05) is 5.38 Å². The molecule has 0 radical (unpaired) electrons. The Morgan fingerprint density at radius 1 is 1.36 bits per heavy atom. The van der Waals surface area contributed by atoms with E-state index in [2.05, 4.69) is 15.0 Å². The molecule has 0 bridgehead atoms. The molecule has 0 unspecified atom stereocenters. The van der Waals surface area contributed by atoms with E-state index in [0.717, 1.165) is 16.0 Å². The number of imidazole rings is 1. The van der Waals surface area contributed by atoms with Crippen LogP contribution in [-0.2, 0) is 0 Å². The van der Waals surface area contributed by atoms with Crippen molar-refractivity contribution < 1.29 is 9.21 Å². The van der Waals surface area contributed by atoms with E-state index in [1.807, 2.05) is 42.6 Å². The summed E-state index contributed by atoms with van der Waals surface area (Å²) in [5.74, 6) is -0.534. The summed E-state index contributed by atoms with van der Waals surface area (Å²) in [6, 6.07) is 11.0. The first-order chi connectivity index (χ1) is 12.2. The minimum Gasteiger partial charge on any atom is -0.462 e. The second kappa shape index (κ2) is 6.00. The molecule has 0 saturated heterocycles. The van der Waals surface area contributed by atoms with Gasteiger partial charge in [-0.3, -0.25) is 4.79 Å². The number of aromatic nitrogens is 3. The molecule has 1 N–H and O–H groups in total. The molecule has 0 saturated carbocycles. The lowest BCUT2D eigenvalue weighted by Gasteiger charge is -2.02. The van der Waals surface area contributed by atoms with Gasteiger partial charge in [0.25, 0.3) is 0 Å². The lowest BCUT2D eigenvalue weighted by Crippen LogP contribution is -2.12. The van der Waals surface area contributed by atoms with Gasteiger partial charge < -0.3 is 9.40 Å². The van der Waals surface area contributed by atoms with Crippen LogP contribution in [0.25, 0.3) is 22.5 Å². The highest BCUT2D eigenvalue weighted by Crippen LogP contribution is 2.27. The van der Waals surface area contributed by atoms with Gasteiger partial charge in [0.1, 0.15) is 17.8 Å². The predicted octanol–water partition coefficient (Wildman–Crippen LogP) is 4.08. The number of hydrogen-bond donors (Lipinski definition) is 1. The number of ketones is 1. The van der Waals surface area contributed by atoms with Crippen molar-refractivity contribution in [1.82, 2.24) is 15.0 Å². The number of nitriles is 1. The van der Waals surface area contributed by atoms with E-state index in [9.17, 15) is 10.1 Å². The predicted molar refractivity (Wildman–Crippen MR) is 93.3 cm³/mol. The first-order valence-electron chi connectivity index (χ1n) is 7.55. The molecule has 0 spiro atoms. The van der Waals surface area contributed by atoms with Crippen LogP contribution < -0.4 is 0 Å². The largest absolute Gasteiger partial charge is 0.462 e. The highest BCUT2D eigenvalue weighted by molar-refractivity contribution is 7.09. The van der Waals surface area contributed by atoms with Crippen molar-refractivity contribution in [1.29, 1.82) is 5.26 Å². The van der Waals surface area contributed by atoms with Gasteiger partial charge in [-0.15, -0.1) is 11.3 Å². The van der Waals surface area contributed by atoms with Crippen LogP contribution in [-0.4, -0.2) is 20.7 Å². The van der Waals surface area contributed by atoms with Crippen LogP contribution in [0.1, 0.15) is 27.1 Å². The van der Waals surface area contributed by atoms with Crippen molar-refractivity contribution in [3.05, 3.63) is 58.4 Å². The Morgan fingerprint density at radius 2 is 2.20 bits per heavy atom. The number of fused-ring (bicyclic) bond motifs is 1. The van der Waals surface area contributed by atoms with Gasteiger partial charge in [-0.05, 0) is 25.1 Å². The van der Waals surface area contributed by atoms with Crippen molar-refractivity contribution in [3.63, 3.8) is 0 Å². The number of furan rings is 1. The van der Waals surface area contributed by atoms with Crippen molar-refractivity contribution in [2.75, 3.05) is 0 Å². The Labute approximate surface area is 146 Å². The summed E-state index contributed by atoms with van der Waals surface area (Å²) >= 11 is 1.50. The molecule has 1 atom stereocenters. The van der Waals surface area contributed by atoms with Gasteiger partial charge >= 0.3 is 0 Å². The lowest BCUT2D eigenvalue weighted by atomic mass is 10.00. The zero-order valence-corrected chi connectivity index (χ0v) is 14.0. The molecule has 0 fully saturated rings. The molecule has 7 heteroatoms. The van der Waals surface area contributed by atoms with Gasteiger partial charge in [-0.2, -0.15) is 5.26 Å². The van der Waals surface area contributed by atoms with E-state index < -0.39 is 5.92 Å². The van der Waals surface area contributed by atoms with Crippen LogP contribution in [0.4, 0.5) is 0 Å². The average molecular weight is 348 g/mol. The molecule has 1 aromatic carbocycles. The number of hydrogen-bond acceptors (Lipinski definition) is 6. The summed E-state index contributed by atoms with van der Waals surface area (Å²) in [6.07, 6.45) is 1.36. The molecule has 0 aliphatic carbocycles. The molecule has 3 heterocycles. The molecule has 0 aliphatic heterocycles. The van der Waals surface area contributed by atoms with Crippen LogP contribution in [0, 0.1) is 18.3 Å². The van der Waals surface area contributed by atoms with Crippen LogP contribution in [0.5, 0.6) is 0 Å². The van der Waals surface area contributed by atoms with Crippen molar-refractivity contribution in [2.45, 2.75) is 12.8 Å². The highest BCUT2D eigenvalue weighted by Gasteiger charge is 2.27. The Hall–Kier alpha value is -3.24. The Bertz CT molecular complexity index is 1080. The zero-order valence-electron chi connectivity index (χ0n) is 13.2. The molecule has 4 aromatic rings. The summed E-state index contributed by atoms with van der Waals surface area (Å²) in [5.41, 5.74) is 2.51. The molecular formula is C18H12N4O2S. The second-order valence-corrected chi connectivity index (χ2v) is 6.58. The van der Waals surface area contributed by atoms with Gasteiger partial charge in [0.15, 0.2) is 17.5 Å². The normalized spacial score (nSPS) is 12.2. The van der Waals surface area contributed by atoms with E-state index in [4.69, 9.17) is 4.42 Å². The number of carbonyl (C=O) groups is 1. The number of benzene rings is 1. The monoisotopic (exact) mass is 348 g/mol. The molecule has 3 aromatic heterocycles. The first kappa shape index (κ1) is 15.3. The standard InChI is InChI=1S/C18H12N4O2S/c1-10-20-15(9-25-10)16-6-11(8-24-16)17(23)12(7-19)18-21-13-4-2-3-5-14(13)22-18/h2-6,8-9,12H,1H3,(H,21,22)/t12-/m0/s1. The average Bonchev–Trinajstić information content (AvgIpc) is 3.33. The number of aromatic amines is 1. The summed E-state index contributed by atoms with van der Waals surface area (Å²) in [4.78, 5) is 24.5. The fourth-order valence-corrected chi connectivity index (χ4v) is 3.20. The second-order valence-electron chi connectivity index (χ2n) is 5.52. The van der Waals surface area contributed by atoms with E-state index >= 15 is 0 Å². The highest BCUT2D eigenvalue weighted by atomic mass is 32.1. The van der Waals surface area contributed by atoms with Gasteiger partial charge in [0.2, 0.25) is 0 Å². The maximum absolute atomic E-state index is 12.7. The number of thiazole rings is 1. The van der Waals surface area contributed by atoms with Crippen molar-refractivity contribution in [3.8, 4) is 17.5 Å². The van der Waals surface area contributed by atoms with Crippen LogP contribution in [0.2, 0.25) is 0 Å². The van der Waals surface area contributed by atoms with E-state index in [1.54, 1.807) is 6.07 Å². The van der Waals surface area contributed by atoms with E-state index in [0.29, 0.717) is 22.8 Å². The van der Waals surface area contributed by atoms with Gasteiger partial charge in [-0.25, -0.2) is 9.97 Å². The Morgan fingerprint density at radius 3 is 2.92 bits per heavy atom. The lowest BCUT2D eigenvalue weighted by molar-refractivity contribution is 0.0976. The number of rotatable bonds is 4. The molecule has 25 heavy (non-hydrogen) atoms.